The summed E-state index contributed by atoms with van der Waals surface area (Å²) in [5.41, 5.74) is 3.47. The molecule has 1 atom stereocenters. The third-order valence-electron chi connectivity index (χ3n) is 4.54. The third kappa shape index (κ3) is 4.34. The van der Waals surface area contributed by atoms with E-state index in [0.717, 1.165) is 30.2 Å². The fraction of sp³-hybridized carbons (Fsp3) is 0.368. The van der Waals surface area contributed by atoms with Gasteiger partial charge in [-0.15, -0.1) is 0 Å². The molecule has 0 radical (unpaired) electrons. The fourth-order valence-electron chi connectivity index (χ4n) is 2.57. The SMILES string of the molecule is Cc1c(Br)cc(C(C)(C)c2cc(Br)c(OCC3CO3)c(Br)c2)cc1Br. The molecular formula is C19H18Br4O2. The number of epoxide rings is 1. The van der Waals surface area contributed by atoms with Crippen LogP contribution in [0, 0.1) is 6.92 Å². The van der Waals surface area contributed by atoms with Crippen molar-refractivity contribution < 1.29 is 9.47 Å². The molecular weight excluding hydrogens is 580 g/mol. The molecule has 6 heteroatoms. The molecule has 2 aromatic carbocycles. The Hall–Kier alpha value is 0.120. The van der Waals surface area contributed by atoms with Gasteiger partial charge in [0.1, 0.15) is 18.5 Å². The predicted molar refractivity (Wildman–Crippen MR) is 116 cm³/mol. The van der Waals surface area contributed by atoms with Crippen LogP contribution in [0.1, 0.15) is 30.5 Å². The van der Waals surface area contributed by atoms with E-state index in [1.165, 1.54) is 16.7 Å². The highest BCUT2D eigenvalue weighted by Crippen LogP contribution is 2.42. The lowest BCUT2D eigenvalue weighted by molar-refractivity contribution is 0.260. The fourth-order valence-corrected chi connectivity index (χ4v) is 5.17. The first-order valence-corrected chi connectivity index (χ1v) is 11.1. The standard InChI is InChI=1S/C19H18Br4O2/c1-10-14(20)4-11(5-15(10)21)19(2,3)12-6-16(22)18(17(23)7-12)25-9-13-8-24-13/h4-7,13H,8-9H2,1-3H3. The molecule has 0 saturated carbocycles. The second kappa shape index (κ2) is 7.63. The van der Waals surface area contributed by atoms with Crippen LogP contribution in [0.2, 0.25) is 0 Å². The monoisotopic (exact) mass is 594 g/mol. The highest BCUT2D eigenvalue weighted by Gasteiger charge is 2.28. The molecule has 0 spiro atoms. The zero-order valence-electron chi connectivity index (χ0n) is 14.1. The molecule has 1 aliphatic rings. The summed E-state index contributed by atoms with van der Waals surface area (Å²) in [5, 5.41) is 0. The van der Waals surface area contributed by atoms with E-state index >= 15 is 0 Å². The van der Waals surface area contributed by atoms with Crippen LogP contribution >= 0.6 is 63.7 Å². The molecule has 1 unspecified atom stereocenters. The Bertz CT molecular complexity index is 767. The lowest BCUT2D eigenvalue weighted by Crippen LogP contribution is -2.19. The number of ether oxygens (including phenoxy) is 2. The molecule has 1 saturated heterocycles. The highest BCUT2D eigenvalue weighted by molar-refractivity contribution is 9.11. The topological polar surface area (TPSA) is 21.8 Å². The van der Waals surface area contributed by atoms with Crippen molar-refractivity contribution in [3.05, 3.63) is 58.8 Å². The van der Waals surface area contributed by atoms with Gasteiger partial charge in [0, 0.05) is 14.4 Å². The van der Waals surface area contributed by atoms with Crippen LogP contribution < -0.4 is 4.74 Å². The summed E-state index contributed by atoms with van der Waals surface area (Å²) >= 11 is 14.6. The van der Waals surface area contributed by atoms with Gasteiger partial charge in [0.2, 0.25) is 0 Å². The van der Waals surface area contributed by atoms with Crippen molar-refractivity contribution in [3.63, 3.8) is 0 Å². The lowest BCUT2D eigenvalue weighted by Gasteiger charge is -2.28. The van der Waals surface area contributed by atoms with E-state index in [1.807, 2.05) is 0 Å². The second-order valence-corrected chi connectivity index (χ2v) is 10.1. The first-order chi connectivity index (χ1) is 11.7. The van der Waals surface area contributed by atoms with Crippen molar-refractivity contribution in [1.82, 2.24) is 0 Å². The van der Waals surface area contributed by atoms with Gasteiger partial charge in [-0.1, -0.05) is 45.7 Å². The molecule has 0 aromatic heterocycles. The second-order valence-electron chi connectivity index (χ2n) is 6.73. The Labute approximate surface area is 182 Å². The molecule has 2 aromatic rings. The van der Waals surface area contributed by atoms with Crippen molar-refractivity contribution >= 4 is 63.7 Å². The average molecular weight is 598 g/mol. The smallest absolute Gasteiger partial charge is 0.147 e. The maximum Gasteiger partial charge on any atom is 0.147 e. The average Bonchev–Trinajstić information content (AvgIpc) is 3.35. The number of hydrogen-bond donors (Lipinski definition) is 0. The minimum Gasteiger partial charge on any atom is -0.488 e. The predicted octanol–water partition coefficient (Wildman–Crippen LogP) is 7.15. The van der Waals surface area contributed by atoms with E-state index in [9.17, 15) is 0 Å². The quantitative estimate of drug-likeness (QED) is 0.342. The first-order valence-electron chi connectivity index (χ1n) is 7.90. The Morgan fingerprint density at radius 1 is 0.960 bits per heavy atom. The van der Waals surface area contributed by atoms with E-state index in [-0.39, 0.29) is 11.5 Å². The molecule has 2 nitrogen and oxygen atoms in total. The largest absolute Gasteiger partial charge is 0.488 e. The molecule has 0 bridgehead atoms. The zero-order valence-corrected chi connectivity index (χ0v) is 20.5. The van der Waals surface area contributed by atoms with Gasteiger partial charge in [0.25, 0.3) is 0 Å². The summed E-state index contributed by atoms with van der Waals surface area (Å²) in [6.07, 6.45) is 0.233. The van der Waals surface area contributed by atoms with Crippen molar-refractivity contribution in [2.45, 2.75) is 32.3 Å². The van der Waals surface area contributed by atoms with Crippen molar-refractivity contribution in [1.29, 1.82) is 0 Å². The van der Waals surface area contributed by atoms with E-state index in [2.05, 4.69) is 109 Å². The minimum atomic E-state index is -0.165. The van der Waals surface area contributed by atoms with Crippen molar-refractivity contribution in [3.8, 4) is 5.75 Å². The van der Waals surface area contributed by atoms with E-state index in [1.54, 1.807) is 0 Å². The molecule has 134 valence electrons. The molecule has 1 aliphatic heterocycles. The lowest BCUT2D eigenvalue weighted by atomic mass is 9.78. The molecule has 3 rings (SSSR count). The minimum absolute atomic E-state index is 0.165. The first kappa shape index (κ1) is 19.9. The van der Waals surface area contributed by atoms with Crippen LogP contribution in [0.3, 0.4) is 0 Å². The molecule has 0 aliphatic carbocycles. The summed E-state index contributed by atoms with van der Waals surface area (Å²) in [7, 11) is 0. The number of halogens is 4. The number of hydrogen-bond acceptors (Lipinski definition) is 2. The van der Waals surface area contributed by atoms with Crippen LogP contribution in [0.5, 0.6) is 5.75 Å². The summed E-state index contributed by atoms with van der Waals surface area (Å²) in [6, 6.07) is 8.65. The van der Waals surface area contributed by atoms with Gasteiger partial charge < -0.3 is 9.47 Å². The van der Waals surface area contributed by atoms with E-state index in [0.29, 0.717) is 6.61 Å². The summed E-state index contributed by atoms with van der Waals surface area (Å²) in [5.74, 6) is 0.821. The van der Waals surface area contributed by atoms with Crippen LogP contribution in [0.15, 0.2) is 42.2 Å². The van der Waals surface area contributed by atoms with Crippen molar-refractivity contribution in [2.75, 3.05) is 13.2 Å². The van der Waals surface area contributed by atoms with E-state index < -0.39 is 0 Å². The molecule has 1 fully saturated rings. The normalized spacial score (nSPS) is 16.8. The van der Waals surface area contributed by atoms with Gasteiger partial charge >= 0.3 is 0 Å². The van der Waals surface area contributed by atoms with Crippen LogP contribution in [-0.2, 0) is 10.2 Å². The molecule has 0 N–H and O–H groups in total. The highest BCUT2D eigenvalue weighted by atomic mass is 79.9. The zero-order chi connectivity index (χ0) is 18.4. The van der Waals surface area contributed by atoms with Crippen LogP contribution in [0.25, 0.3) is 0 Å². The molecule has 1 heterocycles. The number of rotatable bonds is 5. The number of benzene rings is 2. The third-order valence-corrected chi connectivity index (χ3v) is 7.36. The Balaban J connectivity index is 1.96. The maximum atomic E-state index is 5.89. The van der Waals surface area contributed by atoms with Gasteiger partial charge in [-0.2, -0.15) is 0 Å². The van der Waals surface area contributed by atoms with Gasteiger partial charge in [-0.05, 0) is 79.7 Å². The van der Waals surface area contributed by atoms with Gasteiger partial charge in [0.05, 0.1) is 15.6 Å². The van der Waals surface area contributed by atoms with E-state index in [4.69, 9.17) is 9.47 Å². The summed E-state index contributed by atoms with van der Waals surface area (Å²) in [4.78, 5) is 0. The molecule has 25 heavy (non-hydrogen) atoms. The summed E-state index contributed by atoms with van der Waals surface area (Å²) in [6.45, 7) is 7.91. The van der Waals surface area contributed by atoms with Crippen molar-refractivity contribution in [2.24, 2.45) is 0 Å². The summed E-state index contributed by atoms with van der Waals surface area (Å²) < 4.78 is 15.2. The Kier molecular flexibility index (Phi) is 6.06. The Morgan fingerprint density at radius 3 is 1.84 bits per heavy atom. The van der Waals surface area contributed by atoms with Gasteiger partial charge in [-0.3, -0.25) is 0 Å². The Morgan fingerprint density at radius 2 is 1.40 bits per heavy atom. The van der Waals surface area contributed by atoms with Gasteiger partial charge in [-0.25, -0.2) is 0 Å². The molecule has 0 amide bonds. The van der Waals surface area contributed by atoms with Gasteiger partial charge in [0.15, 0.2) is 0 Å². The van der Waals surface area contributed by atoms with Crippen LogP contribution in [-0.4, -0.2) is 19.3 Å². The maximum absolute atomic E-state index is 5.89. The van der Waals surface area contributed by atoms with Crippen LogP contribution in [0.4, 0.5) is 0 Å².